The van der Waals surface area contributed by atoms with Crippen LogP contribution in [-0.2, 0) is 9.53 Å². The molecule has 122 valence electrons. The molecule has 1 saturated heterocycles. The van der Waals surface area contributed by atoms with E-state index in [9.17, 15) is 4.79 Å². The minimum atomic E-state index is -0.0531. The van der Waals surface area contributed by atoms with Crippen LogP contribution in [0.2, 0.25) is 0 Å². The van der Waals surface area contributed by atoms with Crippen LogP contribution in [0.3, 0.4) is 0 Å². The number of hydrogen-bond acceptors (Lipinski definition) is 4. The molecule has 0 N–H and O–H groups in total. The molecule has 4 nitrogen and oxygen atoms in total. The van der Waals surface area contributed by atoms with Crippen molar-refractivity contribution < 1.29 is 14.3 Å². The molecule has 1 fully saturated rings. The van der Waals surface area contributed by atoms with Crippen LogP contribution >= 0.6 is 0 Å². The average Bonchev–Trinajstić information content (AvgIpc) is 2.52. The van der Waals surface area contributed by atoms with E-state index in [2.05, 4.69) is 24.8 Å². The molecule has 0 amide bonds. The largest absolute Gasteiger partial charge is 0.492 e. The molecule has 0 aliphatic carbocycles. The van der Waals surface area contributed by atoms with Gasteiger partial charge in [0.15, 0.2) is 0 Å². The van der Waals surface area contributed by atoms with Crippen molar-refractivity contribution in [3.8, 4) is 5.75 Å². The van der Waals surface area contributed by atoms with Gasteiger partial charge in [-0.15, -0.1) is 0 Å². The molecular weight excluding hydrogens is 278 g/mol. The summed E-state index contributed by atoms with van der Waals surface area (Å²) in [7, 11) is 0. The van der Waals surface area contributed by atoms with Gasteiger partial charge in [0.2, 0.25) is 0 Å². The van der Waals surface area contributed by atoms with Crippen molar-refractivity contribution in [3.05, 3.63) is 29.3 Å². The molecule has 22 heavy (non-hydrogen) atoms. The summed E-state index contributed by atoms with van der Waals surface area (Å²) in [4.78, 5) is 14.1. The Hall–Kier alpha value is -1.55. The highest BCUT2D eigenvalue weighted by Gasteiger charge is 2.26. The van der Waals surface area contributed by atoms with Crippen LogP contribution in [0.4, 0.5) is 0 Å². The Balaban J connectivity index is 1.79. The number of ether oxygens (including phenoxy) is 2. The maximum atomic E-state index is 11.8. The number of aryl methyl sites for hydroxylation is 1. The molecule has 4 heteroatoms. The van der Waals surface area contributed by atoms with Gasteiger partial charge < -0.3 is 9.47 Å². The van der Waals surface area contributed by atoms with Crippen molar-refractivity contribution in [2.45, 2.75) is 33.6 Å². The molecule has 2 rings (SSSR count). The van der Waals surface area contributed by atoms with Crippen molar-refractivity contribution >= 4 is 5.97 Å². The fourth-order valence-corrected chi connectivity index (χ4v) is 2.88. The summed E-state index contributed by atoms with van der Waals surface area (Å²) < 4.78 is 11.0. The second kappa shape index (κ2) is 8.18. The van der Waals surface area contributed by atoms with Crippen LogP contribution in [0.5, 0.6) is 5.75 Å². The van der Waals surface area contributed by atoms with Gasteiger partial charge in [0.05, 0.1) is 12.5 Å². The van der Waals surface area contributed by atoms with Crippen LogP contribution in [-0.4, -0.2) is 43.7 Å². The van der Waals surface area contributed by atoms with Crippen LogP contribution < -0.4 is 4.74 Å². The predicted molar refractivity (Wildman–Crippen MR) is 87.2 cm³/mol. The molecule has 0 spiro atoms. The SMILES string of the molecule is CCOC(=O)[C@@H]1CCCN(CCOc2cccc(C)c2C)C1. The van der Waals surface area contributed by atoms with E-state index in [1.165, 1.54) is 11.1 Å². The maximum absolute atomic E-state index is 11.8. The van der Waals surface area contributed by atoms with Gasteiger partial charge in [-0.3, -0.25) is 9.69 Å². The zero-order valence-electron chi connectivity index (χ0n) is 13.9. The predicted octanol–water partition coefficient (Wildman–Crippen LogP) is 2.96. The van der Waals surface area contributed by atoms with E-state index in [1.54, 1.807) is 0 Å². The lowest BCUT2D eigenvalue weighted by atomic mass is 9.98. The Labute approximate surface area is 133 Å². The Morgan fingerprint density at radius 3 is 2.95 bits per heavy atom. The number of hydrogen-bond donors (Lipinski definition) is 0. The number of carbonyl (C=O) groups excluding carboxylic acids is 1. The summed E-state index contributed by atoms with van der Waals surface area (Å²) in [5.41, 5.74) is 2.45. The molecule has 1 aliphatic rings. The highest BCUT2D eigenvalue weighted by Crippen LogP contribution is 2.21. The van der Waals surface area contributed by atoms with Crippen LogP contribution in [0.25, 0.3) is 0 Å². The van der Waals surface area contributed by atoms with E-state index in [1.807, 2.05) is 19.1 Å². The summed E-state index contributed by atoms with van der Waals surface area (Å²) in [5.74, 6) is 0.927. The van der Waals surface area contributed by atoms with Gasteiger partial charge in [0, 0.05) is 13.1 Å². The van der Waals surface area contributed by atoms with E-state index >= 15 is 0 Å². The van der Waals surface area contributed by atoms with E-state index in [0.29, 0.717) is 13.2 Å². The smallest absolute Gasteiger partial charge is 0.310 e. The Morgan fingerprint density at radius 2 is 2.18 bits per heavy atom. The maximum Gasteiger partial charge on any atom is 0.310 e. The highest BCUT2D eigenvalue weighted by molar-refractivity contribution is 5.72. The second-order valence-electron chi connectivity index (χ2n) is 5.94. The number of carbonyl (C=O) groups is 1. The highest BCUT2D eigenvalue weighted by atomic mass is 16.5. The number of nitrogens with zero attached hydrogens (tertiary/aromatic N) is 1. The van der Waals surface area contributed by atoms with Crippen molar-refractivity contribution in [1.82, 2.24) is 4.90 Å². The lowest BCUT2D eigenvalue weighted by molar-refractivity contribution is -0.150. The fraction of sp³-hybridized carbons (Fsp3) is 0.611. The summed E-state index contributed by atoms with van der Waals surface area (Å²) in [6.07, 6.45) is 1.99. The third-order valence-electron chi connectivity index (χ3n) is 4.35. The average molecular weight is 305 g/mol. The van der Waals surface area contributed by atoms with E-state index in [4.69, 9.17) is 9.47 Å². The third-order valence-corrected chi connectivity index (χ3v) is 4.35. The van der Waals surface area contributed by atoms with Crippen molar-refractivity contribution in [2.24, 2.45) is 5.92 Å². The number of esters is 1. The summed E-state index contributed by atoms with van der Waals surface area (Å²) in [6, 6.07) is 6.13. The van der Waals surface area contributed by atoms with Gasteiger partial charge >= 0.3 is 5.97 Å². The van der Waals surface area contributed by atoms with Crippen LogP contribution in [0, 0.1) is 19.8 Å². The topological polar surface area (TPSA) is 38.8 Å². The molecule has 0 saturated carbocycles. The third kappa shape index (κ3) is 4.47. The van der Waals surface area contributed by atoms with Gasteiger partial charge in [0.1, 0.15) is 12.4 Å². The monoisotopic (exact) mass is 305 g/mol. The standard InChI is InChI=1S/C18H27NO3/c1-4-21-18(20)16-8-6-10-19(13-16)11-12-22-17-9-5-7-14(2)15(17)3/h5,7,9,16H,4,6,8,10-13H2,1-3H3/t16-/m1/s1. The molecule has 1 aliphatic heterocycles. The Bertz CT molecular complexity index is 501. The first-order chi connectivity index (χ1) is 10.6. The van der Waals surface area contributed by atoms with Crippen molar-refractivity contribution in [1.29, 1.82) is 0 Å². The van der Waals surface area contributed by atoms with Crippen molar-refractivity contribution in [3.63, 3.8) is 0 Å². The molecule has 0 unspecified atom stereocenters. The molecule has 1 aromatic rings. The minimum absolute atomic E-state index is 0.0226. The molecule has 0 bridgehead atoms. The molecule has 0 aromatic heterocycles. The quantitative estimate of drug-likeness (QED) is 0.758. The minimum Gasteiger partial charge on any atom is -0.492 e. The molecule has 1 aromatic carbocycles. The van der Waals surface area contributed by atoms with Gasteiger partial charge in [-0.05, 0) is 57.4 Å². The summed E-state index contributed by atoms with van der Waals surface area (Å²) >= 11 is 0. The molecule has 1 atom stereocenters. The number of benzene rings is 1. The van der Waals surface area contributed by atoms with E-state index in [-0.39, 0.29) is 11.9 Å². The summed E-state index contributed by atoms with van der Waals surface area (Å²) in [5, 5.41) is 0. The van der Waals surface area contributed by atoms with Gasteiger partial charge in [-0.1, -0.05) is 12.1 Å². The number of likely N-dealkylation sites (tertiary alicyclic amines) is 1. The zero-order chi connectivity index (χ0) is 15.9. The van der Waals surface area contributed by atoms with E-state index < -0.39 is 0 Å². The molecule has 1 heterocycles. The van der Waals surface area contributed by atoms with Crippen molar-refractivity contribution in [2.75, 3.05) is 32.8 Å². The lowest BCUT2D eigenvalue weighted by Gasteiger charge is -2.31. The normalized spacial score (nSPS) is 19.0. The number of piperidine rings is 1. The first kappa shape index (κ1) is 16.8. The first-order valence-electron chi connectivity index (χ1n) is 8.19. The van der Waals surface area contributed by atoms with E-state index in [0.717, 1.165) is 38.2 Å². The Morgan fingerprint density at radius 1 is 1.36 bits per heavy atom. The lowest BCUT2D eigenvalue weighted by Crippen LogP contribution is -2.41. The van der Waals surface area contributed by atoms with Crippen LogP contribution in [0.15, 0.2) is 18.2 Å². The fourth-order valence-electron chi connectivity index (χ4n) is 2.88. The van der Waals surface area contributed by atoms with Gasteiger partial charge in [-0.2, -0.15) is 0 Å². The molecular formula is C18H27NO3. The molecule has 0 radical (unpaired) electrons. The second-order valence-corrected chi connectivity index (χ2v) is 5.94. The Kier molecular flexibility index (Phi) is 6.25. The van der Waals surface area contributed by atoms with Crippen LogP contribution in [0.1, 0.15) is 30.9 Å². The summed E-state index contributed by atoms with van der Waals surface area (Å²) in [6.45, 7) is 9.82. The van der Waals surface area contributed by atoms with Gasteiger partial charge in [0.25, 0.3) is 0 Å². The zero-order valence-corrected chi connectivity index (χ0v) is 13.9. The van der Waals surface area contributed by atoms with Gasteiger partial charge in [-0.25, -0.2) is 0 Å². The number of rotatable bonds is 6. The first-order valence-corrected chi connectivity index (χ1v) is 8.19.